The number of carbonyl (C=O) groups excluding carboxylic acids is 2. The van der Waals surface area contributed by atoms with Crippen LogP contribution >= 0.6 is 0 Å². The van der Waals surface area contributed by atoms with Crippen LogP contribution in [0.4, 0.5) is 17.6 Å². The average molecular weight is 590 g/mol. The number of carbonyl (C=O) groups is 2. The molecular formula is C29H35F4N7O2. The van der Waals surface area contributed by atoms with Crippen LogP contribution in [0.3, 0.4) is 0 Å². The van der Waals surface area contributed by atoms with E-state index < -0.39 is 17.9 Å². The molecule has 0 spiro atoms. The highest BCUT2D eigenvalue weighted by Gasteiger charge is 2.46. The van der Waals surface area contributed by atoms with Gasteiger partial charge in [0.15, 0.2) is 5.65 Å². The molecule has 0 aliphatic heterocycles. The van der Waals surface area contributed by atoms with E-state index in [9.17, 15) is 27.2 Å². The number of aromatic nitrogens is 5. The predicted octanol–water partition coefficient (Wildman–Crippen LogP) is 5.15. The molecule has 3 aliphatic rings. The minimum absolute atomic E-state index is 0.0699. The van der Waals surface area contributed by atoms with Gasteiger partial charge < -0.3 is 10.6 Å². The third-order valence-electron chi connectivity index (χ3n) is 9.20. The number of nitrogens with zero attached hydrogens (tertiary/aromatic N) is 5. The van der Waals surface area contributed by atoms with Crippen molar-refractivity contribution in [2.75, 3.05) is 0 Å². The molecule has 0 unspecified atom stereocenters. The van der Waals surface area contributed by atoms with Gasteiger partial charge in [-0.2, -0.15) is 10.2 Å². The average Bonchev–Trinajstić information content (AvgIpc) is 3.50. The zero-order valence-electron chi connectivity index (χ0n) is 23.4. The van der Waals surface area contributed by atoms with Gasteiger partial charge in [-0.3, -0.25) is 14.3 Å². The van der Waals surface area contributed by atoms with Crippen molar-refractivity contribution >= 4 is 17.5 Å². The Bertz CT molecular complexity index is 1450. The highest BCUT2D eigenvalue weighted by atomic mass is 19.3. The van der Waals surface area contributed by atoms with E-state index in [1.165, 1.54) is 10.9 Å². The van der Waals surface area contributed by atoms with Crippen molar-refractivity contribution in [1.29, 1.82) is 0 Å². The number of fused-ring (bicyclic) bond motifs is 1. The standard InChI is InChI=1S/C29H35F4N7O2/c1-39-22(7-10-34-39)27(42)38-26(19-5-8-28(30,31)9-6-19)21-16-40-23(36-21)12-20(15-35-40)25(18-3-2-4-18)37-24(41)11-17-13-29(32,33)14-17/h7,10,12,15-19,25-26H,2-6,8-9,11,13-14H2,1H3,(H,37,41)(H,38,42)/t25-,26-/m0/s1. The Morgan fingerprint density at radius 2 is 1.71 bits per heavy atom. The van der Waals surface area contributed by atoms with Gasteiger partial charge in [-0.15, -0.1) is 0 Å². The Balaban J connectivity index is 1.24. The van der Waals surface area contributed by atoms with Crippen LogP contribution in [0.1, 0.15) is 98.0 Å². The van der Waals surface area contributed by atoms with Crippen molar-refractivity contribution in [3.63, 3.8) is 0 Å². The van der Waals surface area contributed by atoms with Crippen LogP contribution in [-0.2, 0) is 11.8 Å². The maximum Gasteiger partial charge on any atom is 0.270 e. The van der Waals surface area contributed by atoms with Gasteiger partial charge in [-0.25, -0.2) is 27.1 Å². The Morgan fingerprint density at radius 3 is 2.33 bits per heavy atom. The highest BCUT2D eigenvalue weighted by Crippen LogP contribution is 2.45. The van der Waals surface area contributed by atoms with Crippen LogP contribution in [0.15, 0.2) is 30.7 Å². The van der Waals surface area contributed by atoms with Gasteiger partial charge in [0.25, 0.3) is 5.91 Å². The van der Waals surface area contributed by atoms with Crippen LogP contribution in [0.2, 0.25) is 0 Å². The summed E-state index contributed by atoms with van der Waals surface area (Å²) in [6.07, 6.45) is 7.32. The number of halogens is 4. The Hall–Kier alpha value is -3.51. The number of amides is 2. The summed E-state index contributed by atoms with van der Waals surface area (Å²) in [5.74, 6) is -6.35. The number of alkyl halides is 4. The first-order valence-corrected chi connectivity index (χ1v) is 14.7. The quantitative estimate of drug-likeness (QED) is 0.336. The van der Waals surface area contributed by atoms with Gasteiger partial charge in [0.05, 0.1) is 30.2 Å². The first-order chi connectivity index (χ1) is 20.0. The summed E-state index contributed by atoms with van der Waals surface area (Å²) in [6, 6.07) is 2.50. The lowest BCUT2D eigenvalue weighted by molar-refractivity contribution is -0.134. The SMILES string of the molecule is Cn1nccc1C(=O)N[C@H](c1cn2ncc([C@@H](NC(=O)CC3CC(F)(F)C3)C3CCC3)cc2n1)C1CCC(F)(F)CC1. The Labute approximate surface area is 240 Å². The molecule has 2 N–H and O–H groups in total. The van der Waals surface area contributed by atoms with Gasteiger partial charge in [0.1, 0.15) is 5.69 Å². The van der Waals surface area contributed by atoms with E-state index in [0.717, 1.165) is 24.8 Å². The zero-order valence-corrected chi connectivity index (χ0v) is 23.4. The number of aryl methyl sites for hydroxylation is 1. The molecule has 9 nitrogen and oxygen atoms in total. The summed E-state index contributed by atoms with van der Waals surface area (Å²) in [5, 5.41) is 14.7. The summed E-state index contributed by atoms with van der Waals surface area (Å²) < 4.78 is 57.6. The Morgan fingerprint density at radius 1 is 1.00 bits per heavy atom. The van der Waals surface area contributed by atoms with E-state index in [0.29, 0.717) is 17.0 Å². The van der Waals surface area contributed by atoms with Crippen molar-refractivity contribution in [3.05, 3.63) is 47.7 Å². The van der Waals surface area contributed by atoms with Crippen LogP contribution in [0.25, 0.3) is 5.65 Å². The number of hydrogen-bond donors (Lipinski definition) is 2. The maximum atomic E-state index is 14.0. The van der Waals surface area contributed by atoms with E-state index in [-0.39, 0.29) is 80.6 Å². The van der Waals surface area contributed by atoms with Crippen LogP contribution in [0, 0.1) is 17.8 Å². The summed E-state index contributed by atoms with van der Waals surface area (Å²) >= 11 is 0. The van der Waals surface area contributed by atoms with E-state index in [1.807, 2.05) is 6.07 Å². The smallest absolute Gasteiger partial charge is 0.270 e. The molecule has 42 heavy (non-hydrogen) atoms. The molecule has 3 aliphatic carbocycles. The first-order valence-electron chi connectivity index (χ1n) is 14.7. The minimum Gasteiger partial charge on any atom is -0.349 e. The Kier molecular flexibility index (Phi) is 7.46. The summed E-state index contributed by atoms with van der Waals surface area (Å²) in [6.45, 7) is 0. The second-order valence-corrected chi connectivity index (χ2v) is 12.3. The molecule has 0 radical (unpaired) electrons. The van der Waals surface area contributed by atoms with E-state index in [4.69, 9.17) is 4.98 Å². The number of rotatable bonds is 9. The molecule has 3 heterocycles. The molecule has 226 valence electrons. The number of hydrogen-bond acceptors (Lipinski definition) is 5. The third-order valence-corrected chi connectivity index (χ3v) is 9.20. The second kappa shape index (κ2) is 11.0. The van der Waals surface area contributed by atoms with E-state index in [2.05, 4.69) is 20.8 Å². The van der Waals surface area contributed by atoms with Crippen LogP contribution in [-0.4, -0.2) is 48.0 Å². The molecule has 0 bridgehead atoms. The molecule has 6 rings (SSSR count). The molecule has 3 aromatic heterocycles. The zero-order chi connectivity index (χ0) is 29.6. The van der Waals surface area contributed by atoms with E-state index >= 15 is 0 Å². The minimum atomic E-state index is -2.72. The molecule has 3 saturated carbocycles. The number of imidazole rings is 1. The number of nitrogens with one attached hydrogen (secondary N) is 2. The second-order valence-electron chi connectivity index (χ2n) is 12.3. The summed E-state index contributed by atoms with van der Waals surface area (Å²) in [7, 11) is 1.65. The molecule has 13 heteroatoms. The van der Waals surface area contributed by atoms with Crippen molar-refractivity contribution in [2.24, 2.45) is 24.8 Å². The van der Waals surface area contributed by atoms with Gasteiger partial charge in [-0.05, 0) is 61.1 Å². The lowest BCUT2D eigenvalue weighted by Gasteiger charge is -2.37. The molecule has 3 aromatic rings. The predicted molar refractivity (Wildman–Crippen MR) is 144 cm³/mol. The molecule has 2 atom stereocenters. The van der Waals surface area contributed by atoms with Gasteiger partial charge in [0.2, 0.25) is 17.8 Å². The molecule has 0 aromatic carbocycles. The largest absolute Gasteiger partial charge is 0.349 e. The van der Waals surface area contributed by atoms with E-state index in [1.54, 1.807) is 30.0 Å². The summed E-state index contributed by atoms with van der Waals surface area (Å²) in [4.78, 5) is 30.7. The van der Waals surface area contributed by atoms with Gasteiger partial charge >= 0.3 is 0 Å². The molecule has 3 fully saturated rings. The summed E-state index contributed by atoms with van der Waals surface area (Å²) in [5.41, 5.74) is 2.13. The van der Waals surface area contributed by atoms with Gasteiger partial charge in [-0.1, -0.05) is 6.42 Å². The van der Waals surface area contributed by atoms with Crippen molar-refractivity contribution in [3.8, 4) is 0 Å². The fourth-order valence-electron chi connectivity index (χ4n) is 6.54. The normalized spacial score (nSPS) is 22.2. The fourth-order valence-corrected chi connectivity index (χ4v) is 6.54. The van der Waals surface area contributed by atoms with Gasteiger partial charge in [0, 0.05) is 45.3 Å². The molecule has 0 saturated heterocycles. The fraction of sp³-hybridized carbons (Fsp3) is 0.621. The third kappa shape index (κ3) is 6.00. The monoisotopic (exact) mass is 589 g/mol. The first kappa shape index (κ1) is 28.6. The lowest BCUT2D eigenvalue weighted by atomic mass is 9.76. The molecular weight excluding hydrogens is 554 g/mol. The highest BCUT2D eigenvalue weighted by molar-refractivity contribution is 5.92. The topological polar surface area (TPSA) is 106 Å². The lowest BCUT2D eigenvalue weighted by Crippen LogP contribution is -2.41. The van der Waals surface area contributed by atoms with Crippen LogP contribution in [0.5, 0.6) is 0 Å². The maximum absolute atomic E-state index is 14.0. The van der Waals surface area contributed by atoms with Crippen LogP contribution < -0.4 is 10.6 Å². The van der Waals surface area contributed by atoms with Crippen molar-refractivity contribution in [1.82, 2.24) is 35.0 Å². The molecule has 2 amide bonds. The van der Waals surface area contributed by atoms with Crippen molar-refractivity contribution in [2.45, 2.75) is 88.1 Å². The van der Waals surface area contributed by atoms with Crippen molar-refractivity contribution < 1.29 is 27.2 Å².